The van der Waals surface area contributed by atoms with Crippen LogP contribution in [0.1, 0.15) is 70.8 Å². The lowest BCUT2D eigenvalue weighted by molar-refractivity contribution is -0.123. The smallest absolute Gasteiger partial charge is 0.220 e. The molecular formula is C27H45N3O5. The van der Waals surface area contributed by atoms with Crippen LogP contribution in [0.2, 0.25) is 0 Å². The average molecular weight is 492 g/mol. The lowest BCUT2D eigenvalue weighted by Crippen LogP contribution is -2.51. The summed E-state index contributed by atoms with van der Waals surface area (Å²) >= 11 is 0. The molecule has 0 radical (unpaired) electrons. The van der Waals surface area contributed by atoms with Crippen LogP contribution in [-0.2, 0) is 22.7 Å². The van der Waals surface area contributed by atoms with E-state index >= 15 is 0 Å². The summed E-state index contributed by atoms with van der Waals surface area (Å²) in [5, 5.41) is 27.2. The Morgan fingerprint density at radius 3 is 2.60 bits per heavy atom. The number of aliphatic hydroxyl groups excluding tert-OH is 1. The molecule has 2 aliphatic carbocycles. The highest BCUT2D eigenvalue weighted by Gasteiger charge is 2.61. The van der Waals surface area contributed by atoms with Crippen LogP contribution in [-0.4, -0.2) is 72.1 Å². The van der Waals surface area contributed by atoms with E-state index in [1.807, 2.05) is 19.1 Å². The first-order chi connectivity index (χ1) is 16.6. The molecule has 4 N–H and O–H groups in total. The van der Waals surface area contributed by atoms with Gasteiger partial charge in [-0.15, -0.1) is 0 Å². The minimum absolute atomic E-state index is 0.0420. The summed E-state index contributed by atoms with van der Waals surface area (Å²) in [6, 6.07) is 3.96. The van der Waals surface area contributed by atoms with Gasteiger partial charge in [-0.3, -0.25) is 9.69 Å². The first kappa shape index (κ1) is 26.6. The van der Waals surface area contributed by atoms with Gasteiger partial charge < -0.3 is 30.0 Å². The van der Waals surface area contributed by atoms with Crippen LogP contribution in [0.3, 0.4) is 0 Å². The van der Waals surface area contributed by atoms with E-state index in [-0.39, 0.29) is 29.4 Å². The van der Waals surface area contributed by atoms with Crippen molar-refractivity contribution in [3.8, 4) is 0 Å². The number of fused-ring (bicyclic) bond motifs is 1. The van der Waals surface area contributed by atoms with Gasteiger partial charge >= 0.3 is 0 Å². The molecule has 4 atom stereocenters. The number of ether oxygens (including phenoxy) is 1. The maximum Gasteiger partial charge on any atom is 0.220 e. The van der Waals surface area contributed by atoms with Crippen molar-refractivity contribution in [2.24, 2.45) is 16.7 Å². The molecule has 8 heteroatoms. The second-order valence-corrected chi connectivity index (χ2v) is 11.9. The number of rotatable bonds is 10. The predicted molar refractivity (Wildman–Crippen MR) is 134 cm³/mol. The Labute approximate surface area is 209 Å². The van der Waals surface area contributed by atoms with E-state index in [2.05, 4.69) is 29.4 Å². The molecule has 1 aromatic heterocycles. The van der Waals surface area contributed by atoms with Crippen LogP contribution < -0.4 is 10.6 Å². The van der Waals surface area contributed by atoms with Crippen LogP contribution in [0.15, 0.2) is 16.5 Å². The third kappa shape index (κ3) is 6.28. The van der Waals surface area contributed by atoms with Crippen LogP contribution in [0.4, 0.5) is 0 Å². The molecule has 1 aromatic rings. The number of morpholine rings is 1. The van der Waals surface area contributed by atoms with E-state index in [4.69, 9.17) is 9.15 Å². The van der Waals surface area contributed by atoms with Crippen molar-refractivity contribution in [2.75, 3.05) is 39.4 Å². The highest BCUT2D eigenvalue weighted by atomic mass is 16.5. The van der Waals surface area contributed by atoms with E-state index in [9.17, 15) is 15.0 Å². The van der Waals surface area contributed by atoms with Crippen LogP contribution in [0.5, 0.6) is 0 Å². The topological polar surface area (TPSA) is 107 Å². The van der Waals surface area contributed by atoms with E-state index < -0.39 is 5.60 Å². The van der Waals surface area contributed by atoms with E-state index in [0.29, 0.717) is 31.2 Å². The van der Waals surface area contributed by atoms with Crippen molar-refractivity contribution >= 4 is 5.91 Å². The third-order valence-corrected chi connectivity index (χ3v) is 8.90. The van der Waals surface area contributed by atoms with Crippen molar-refractivity contribution in [2.45, 2.75) is 84.1 Å². The molecule has 2 heterocycles. The van der Waals surface area contributed by atoms with Gasteiger partial charge in [0.05, 0.1) is 25.4 Å². The summed E-state index contributed by atoms with van der Waals surface area (Å²) in [6.07, 6.45) is 4.76. The Kier molecular flexibility index (Phi) is 8.28. The van der Waals surface area contributed by atoms with Crippen LogP contribution >= 0.6 is 0 Å². The molecule has 35 heavy (non-hydrogen) atoms. The molecule has 8 nitrogen and oxygen atoms in total. The molecule has 0 spiro atoms. The van der Waals surface area contributed by atoms with E-state index in [1.165, 1.54) is 0 Å². The van der Waals surface area contributed by atoms with Gasteiger partial charge in [-0.05, 0) is 67.9 Å². The van der Waals surface area contributed by atoms with Gasteiger partial charge in [0, 0.05) is 38.6 Å². The zero-order chi connectivity index (χ0) is 25.1. The largest absolute Gasteiger partial charge is 0.462 e. The Balaban J connectivity index is 1.40. The standard InChI is InChI=1S/C27H45N3O5/c1-25(2)17-23(29-18-20-4-5-21(19-31)35-20)27(9-8-26(3,33)16-22(25)27)7-6-24(32)28-10-11-30-12-14-34-15-13-30/h4-5,22-23,29,31,33H,6-19H2,1-3H3,(H,28,32)/t22-,23-,26-,27-/m0/s1. The first-order valence-electron chi connectivity index (χ1n) is 13.3. The van der Waals surface area contributed by atoms with Crippen LogP contribution in [0, 0.1) is 16.7 Å². The molecule has 3 fully saturated rings. The second-order valence-electron chi connectivity index (χ2n) is 11.9. The highest BCUT2D eigenvalue weighted by molar-refractivity contribution is 5.75. The maximum absolute atomic E-state index is 12.9. The predicted octanol–water partition coefficient (Wildman–Crippen LogP) is 2.43. The van der Waals surface area contributed by atoms with Crippen molar-refractivity contribution in [3.05, 3.63) is 23.7 Å². The zero-order valence-electron chi connectivity index (χ0n) is 21.8. The molecule has 0 unspecified atom stereocenters. The normalized spacial score (nSPS) is 32.9. The number of furan rings is 1. The first-order valence-corrected chi connectivity index (χ1v) is 13.3. The minimum Gasteiger partial charge on any atom is -0.462 e. The number of hydrogen-bond donors (Lipinski definition) is 4. The number of carbonyl (C=O) groups is 1. The van der Waals surface area contributed by atoms with E-state index in [1.54, 1.807) is 0 Å². The molecule has 0 bridgehead atoms. The summed E-state index contributed by atoms with van der Waals surface area (Å²) in [5.41, 5.74) is -0.633. The summed E-state index contributed by atoms with van der Waals surface area (Å²) in [7, 11) is 0. The maximum atomic E-state index is 12.9. The lowest BCUT2D eigenvalue weighted by Gasteiger charge is -2.51. The summed E-state index contributed by atoms with van der Waals surface area (Å²) in [5.74, 6) is 1.84. The molecule has 0 aromatic carbocycles. The van der Waals surface area contributed by atoms with Crippen molar-refractivity contribution in [1.82, 2.24) is 15.5 Å². The van der Waals surface area contributed by atoms with Gasteiger partial charge in [0.1, 0.15) is 18.1 Å². The van der Waals surface area contributed by atoms with E-state index in [0.717, 1.165) is 70.7 Å². The number of hydrogen-bond acceptors (Lipinski definition) is 7. The fraction of sp³-hybridized carbons (Fsp3) is 0.815. The molecule has 1 amide bonds. The average Bonchev–Trinajstić information content (AvgIpc) is 3.37. The number of nitrogens with one attached hydrogen (secondary N) is 2. The summed E-state index contributed by atoms with van der Waals surface area (Å²) in [6.45, 7) is 12.0. The molecule has 2 saturated carbocycles. The van der Waals surface area contributed by atoms with Gasteiger partial charge in [-0.2, -0.15) is 0 Å². The Bertz CT molecular complexity index is 848. The van der Waals surface area contributed by atoms with Gasteiger partial charge in [-0.1, -0.05) is 13.8 Å². The van der Waals surface area contributed by atoms with Crippen molar-refractivity contribution in [3.63, 3.8) is 0 Å². The molecule has 3 aliphatic rings. The summed E-state index contributed by atoms with van der Waals surface area (Å²) in [4.78, 5) is 15.2. The van der Waals surface area contributed by atoms with Crippen LogP contribution in [0.25, 0.3) is 0 Å². The number of carbonyl (C=O) groups excluding carboxylic acids is 1. The second kappa shape index (κ2) is 10.9. The third-order valence-electron chi connectivity index (χ3n) is 8.90. The van der Waals surface area contributed by atoms with Gasteiger partial charge in [0.15, 0.2) is 0 Å². The SMILES string of the molecule is CC1(C)C[C@H](NCc2ccc(CO)o2)[C@@]2(CCC(=O)NCCN3CCOCC3)CC[C@](C)(O)C[C@@H]12. The Hall–Kier alpha value is -1.45. The zero-order valence-corrected chi connectivity index (χ0v) is 21.8. The fourth-order valence-corrected chi connectivity index (χ4v) is 6.95. The fourth-order valence-electron chi connectivity index (χ4n) is 6.95. The number of aliphatic hydroxyl groups is 2. The van der Waals surface area contributed by atoms with Crippen molar-refractivity contribution < 1.29 is 24.2 Å². The molecular weight excluding hydrogens is 446 g/mol. The number of amides is 1. The molecule has 198 valence electrons. The number of nitrogens with zero attached hydrogens (tertiary/aromatic N) is 1. The van der Waals surface area contributed by atoms with Gasteiger partial charge in [0.25, 0.3) is 0 Å². The van der Waals surface area contributed by atoms with Gasteiger partial charge in [-0.25, -0.2) is 0 Å². The Morgan fingerprint density at radius 1 is 1.14 bits per heavy atom. The molecule has 1 saturated heterocycles. The molecule has 4 rings (SSSR count). The monoisotopic (exact) mass is 491 g/mol. The minimum atomic E-state index is -0.655. The Morgan fingerprint density at radius 2 is 1.89 bits per heavy atom. The quantitative estimate of drug-likeness (QED) is 0.398. The van der Waals surface area contributed by atoms with Crippen molar-refractivity contribution in [1.29, 1.82) is 0 Å². The highest BCUT2D eigenvalue weighted by Crippen LogP contribution is 2.63. The lowest BCUT2D eigenvalue weighted by atomic mass is 9.57. The summed E-state index contributed by atoms with van der Waals surface area (Å²) < 4.78 is 11.1. The molecule has 1 aliphatic heterocycles. The van der Waals surface area contributed by atoms with Gasteiger partial charge in [0.2, 0.25) is 5.91 Å².